The van der Waals surface area contributed by atoms with Crippen LogP contribution in [0.3, 0.4) is 0 Å². The summed E-state index contributed by atoms with van der Waals surface area (Å²) in [4.78, 5) is 63.3. The maximum absolute atomic E-state index is 13.6. The highest BCUT2D eigenvalue weighted by molar-refractivity contribution is 7.15. The molecule has 62 heavy (non-hydrogen) atoms. The van der Waals surface area contributed by atoms with Crippen molar-refractivity contribution in [3.8, 4) is 0 Å². The molecule has 1 aliphatic carbocycles. The van der Waals surface area contributed by atoms with Gasteiger partial charge in [0.05, 0.1) is 43.0 Å². The third-order valence-electron chi connectivity index (χ3n) is 12.0. The molecule has 0 radical (unpaired) electrons. The number of ether oxygens (including phenoxy) is 2. The molecule has 0 spiro atoms. The monoisotopic (exact) mass is 864 g/mol. The third kappa shape index (κ3) is 11.0. The molecule has 15 nitrogen and oxygen atoms in total. The van der Waals surface area contributed by atoms with Gasteiger partial charge in [0, 0.05) is 73.1 Å². The number of Topliss-reactive ketones (excluding diaryl/α,β-unsaturated/α-hetero) is 1. The summed E-state index contributed by atoms with van der Waals surface area (Å²) in [6.45, 7) is 17.1. The Morgan fingerprint density at radius 3 is 2.34 bits per heavy atom. The average molecular weight is 865 g/mol. The molecule has 3 N–H and O–H groups in total. The zero-order valence-electron chi connectivity index (χ0n) is 36.7. The van der Waals surface area contributed by atoms with E-state index in [0.29, 0.717) is 60.0 Å². The number of rotatable bonds is 20. The number of aryl methyl sites for hydroxylation is 3. The Kier molecular flexibility index (Phi) is 15.3. The highest BCUT2D eigenvalue weighted by atomic mass is 32.1. The minimum atomic E-state index is -0.260. The van der Waals surface area contributed by atoms with E-state index in [9.17, 15) is 14.4 Å². The molecular formula is C46H60N10O5S. The number of fused-ring (bicyclic) bond motifs is 1. The summed E-state index contributed by atoms with van der Waals surface area (Å²) in [5.41, 5.74) is 5.59. The predicted molar refractivity (Wildman–Crippen MR) is 247 cm³/mol. The zero-order chi connectivity index (χ0) is 43.6. The first-order valence-electron chi connectivity index (χ1n) is 21.9. The molecule has 0 unspecified atom stereocenters. The number of carbonyl (C=O) groups is 2. The summed E-state index contributed by atoms with van der Waals surface area (Å²) < 4.78 is 13.3. The quantitative estimate of drug-likeness (QED) is 0.0517. The van der Waals surface area contributed by atoms with Gasteiger partial charge < -0.3 is 25.0 Å². The van der Waals surface area contributed by atoms with Crippen LogP contribution < -0.4 is 26.4 Å². The van der Waals surface area contributed by atoms with Gasteiger partial charge in [-0.05, 0) is 109 Å². The van der Waals surface area contributed by atoms with Gasteiger partial charge in [-0.1, -0.05) is 18.9 Å². The molecule has 1 saturated carbocycles. The van der Waals surface area contributed by atoms with Crippen molar-refractivity contribution in [3.63, 3.8) is 0 Å². The number of amides is 1. The van der Waals surface area contributed by atoms with Gasteiger partial charge in [-0.3, -0.25) is 29.2 Å². The van der Waals surface area contributed by atoms with Crippen molar-refractivity contribution < 1.29 is 19.1 Å². The highest BCUT2D eigenvalue weighted by Gasteiger charge is 2.26. The number of aromatic nitrogens is 5. The smallest absolute Gasteiger partial charge is 0.263 e. The van der Waals surface area contributed by atoms with Crippen LogP contribution in [0.5, 0.6) is 0 Å². The second-order valence-electron chi connectivity index (χ2n) is 16.3. The number of thiazole rings is 1. The summed E-state index contributed by atoms with van der Waals surface area (Å²) in [6.07, 6.45) is 10.8. The number of unbranched alkanes of at least 4 members (excludes halogenated alkanes) is 2. The van der Waals surface area contributed by atoms with E-state index in [2.05, 4.69) is 46.8 Å². The summed E-state index contributed by atoms with van der Waals surface area (Å²) in [5, 5.41) is 10.9. The second kappa shape index (κ2) is 21.2. The van der Waals surface area contributed by atoms with Gasteiger partial charge >= 0.3 is 0 Å². The third-order valence-corrected chi connectivity index (χ3v) is 13.0. The van der Waals surface area contributed by atoms with E-state index in [-0.39, 0.29) is 28.9 Å². The molecule has 2 aliphatic rings. The number of carbonyl (C=O) groups excluding carboxylic acids is 2. The topological polar surface area (TPSA) is 169 Å². The van der Waals surface area contributed by atoms with Gasteiger partial charge in [-0.2, -0.15) is 4.98 Å². The fourth-order valence-electron chi connectivity index (χ4n) is 8.36. The van der Waals surface area contributed by atoms with Crippen molar-refractivity contribution in [2.45, 2.75) is 85.6 Å². The number of benzene rings is 1. The van der Waals surface area contributed by atoms with Crippen molar-refractivity contribution in [2.75, 3.05) is 86.5 Å². The van der Waals surface area contributed by atoms with Crippen LogP contribution in [0.4, 0.5) is 28.3 Å². The van der Waals surface area contributed by atoms with Gasteiger partial charge in [0.15, 0.2) is 10.9 Å². The predicted octanol–water partition coefficient (Wildman–Crippen LogP) is 7.63. The van der Waals surface area contributed by atoms with Crippen molar-refractivity contribution in [1.82, 2.24) is 29.4 Å². The summed E-state index contributed by atoms with van der Waals surface area (Å²) in [5.74, 6) is 0.597. The lowest BCUT2D eigenvalue weighted by Gasteiger charge is -2.36. The minimum absolute atomic E-state index is 0.0248. The lowest BCUT2D eigenvalue weighted by molar-refractivity contribution is 0.0498. The number of ketones is 1. The second-order valence-corrected chi connectivity index (χ2v) is 17.5. The summed E-state index contributed by atoms with van der Waals surface area (Å²) >= 11 is 1.48. The molecule has 2 fully saturated rings. The molecule has 330 valence electrons. The number of nitrogens with one attached hydrogen (secondary N) is 3. The maximum atomic E-state index is 13.6. The van der Waals surface area contributed by atoms with Gasteiger partial charge in [0.1, 0.15) is 11.5 Å². The number of anilines is 5. The molecular weight excluding hydrogens is 805 g/mol. The van der Waals surface area contributed by atoms with E-state index in [1.54, 1.807) is 17.7 Å². The minimum Gasteiger partial charge on any atom is -0.382 e. The largest absolute Gasteiger partial charge is 0.382 e. The Bertz CT molecular complexity index is 2370. The number of nitrogens with zero attached hydrogens (tertiary/aromatic N) is 7. The lowest BCUT2D eigenvalue weighted by Crippen LogP contribution is -2.46. The maximum Gasteiger partial charge on any atom is 0.263 e. The van der Waals surface area contributed by atoms with Crippen molar-refractivity contribution in [3.05, 3.63) is 85.9 Å². The SMILES string of the molecule is CC(=O)c1c(C)c2cnc(Nc3ccc(N4CCN(CCCCCOCCOCCNc5cccc(C(=O)Nc6nc(C)c(C)s6)c5C)CC4)cn3)nc2n(C2CCCC2)c1=O. The van der Waals surface area contributed by atoms with Gasteiger partial charge in [-0.25, -0.2) is 15.0 Å². The van der Waals surface area contributed by atoms with Crippen LogP contribution in [0.25, 0.3) is 11.0 Å². The Labute approximate surface area is 367 Å². The van der Waals surface area contributed by atoms with Crippen LogP contribution in [-0.2, 0) is 9.47 Å². The van der Waals surface area contributed by atoms with E-state index >= 15 is 0 Å². The summed E-state index contributed by atoms with van der Waals surface area (Å²) in [7, 11) is 0. The Morgan fingerprint density at radius 2 is 1.63 bits per heavy atom. The highest BCUT2D eigenvalue weighted by Crippen LogP contribution is 2.32. The molecule has 5 heterocycles. The van der Waals surface area contributed by atoms with Gasteiger partial charge in [-0.15, -0.1) is 11.3 Å². The number of piperazine rings is 1. The van der Waals surface area contributed by atoms with E-state index in [1.165, 1.54) is 18.3 Å². The first-order chi connectivity index (χ1) is 30.1. The van der Waals surface area contributed by atoms with Crippen molar-refractivity contribution in [2.24, 2.45) is 0 Å². The first-order valence-corrected chi connectivity index (χ1v) is 22.8. The number of hydrogen-bond donors (Lipinski definition) is 3. The molecule has 5 aromatic rings. The molecule has 1 aliphatic heterocycles. The Hall–Kier alpha value is -5.29. The normalized spacial score (nSPS) is 14.8. The van der Waals surface area contributed by atoms with Crippen LogP contribution in [-0.4, -0.2) is 107 Å². The van der Waals surface area contributed by atoms with Gasteiger partial charge in [0.25, 0.3) is 11.5 Å². The summed E-state index contributed by atoms with van der Waals surface area (Å²) in [6, 6.07) is 9.72. The number of hydrogen-bond acceptors (Lipinski definition) is 14. The molecule has 0 bridgehead atoms. The van der Waals surface area contributed by atoms with Crippen molar-refractivity contribution in [1.29, 1.82) is 0 Å². The molecule has 4 aromatic heterocycles. The van der Waals surface area contributed by atoms with Crippen LogP contribution in [0, 0.1) is 27.7 Å². The zero-order valence-corrected chi connectivity index (χ0v) is 37.5. The van der Waals surface area contributed by atoms with E-state index in [4.69, 9.17) is 14.5 Å². The van der Waals surface area contributed by atoms with E-state index in [1.807, 2.05) is 51.2 Å². The van der Waals surface area contributed by atoms with Crippen LogP contribution in [0.1, 0.15) is 100 Å². The van der Waals surface area contributed by atoms with Gasteiger partial charge in [0.2, 0.25) is 5.95 Å². The molecule has 1 saturated heterocycles. The number of pyridine rings is 2. The molecule has 1 amide bonds. The fraction of sp³-hybridized carbons (Fsp3) is 0.500. The average Bonchev–Trinajstić information content (AvgIpc) is 3.90. The Balaban J connectivity index is 0.751. The van der Waals surface area contributed by atoms with E-state index in [0.717, 1.165) is 117 Å². The van der Waals surface area contributed by atoms with E-state index < -0.39 is 0 Å². The molecule has 1 aromatic carbocycles. The van der Waals surface area contributed by atoms with Crippen LogP contribution >= 0.6 is 11.3 Å². The molecule has 7 rings (SSSR count). The van der Waals surface area contributed by atoms with Crippen LogP contribution in [0.15, 0.2) is 47.5 Å². The van der Waals surface area contributed by atoms with Crippen LogP contribution in [0.2, 0.25) is 0 Å². The lowest BCUT2D eigenvalue weighted by atomic mass is 10.0. The first kappa shape index (κ1) is 44.8. The standard InChI is InChI=1S/C46H60N10O5S/c1-30-37(43(58)53-46-50-32(3)34(5)62-46)14-11-15-39(30)47-18-25-61-27-26-60-24-10-6-9-19-54-20-22-55(23-21-54)36-16-17-40(48-28-36)51-45-49-29-38-31(2)41(33(4)57)44(59)56(42(38)52-45)35-12-7-8-13-35/h11,14-17,28-29,35,47H,6-10,12-13,18-27H2,1-5H3,(H,50,53,58)(H,48,49,51,52). The molecule has 0 atom stereocenters. The van der Waals surface area contributed by atoms with Crippen molar-refractivity contribution >= 4 is 62.3 Å². The molecule has 16 heteroatoms. The fourth-order valence-corrected chi connectivity index (χ4v) is 9.17. The Morgan fingerprint density at radius 1 is 0.855 bits per heavy atom.